The molecule has 9 heteroatoms. The van der Waals surface area contributed by atoms with Gasteiger partial charge in [0.2, 0.25) is 11.8 Å². The molecule has 0 radical (unpaired) electrons. The average Bonchev–Trinajstić information content (AvgIpc) is 2.50. The fourth-order valence-corrected chi connectivity index (χ4v) is 2.33. The van der Waals surface area contributed by atoms with E-state index in [0.29, 0.717) is 19.4 Å². The molecule has 2 amide bonds. The van der Waals surface area contributed by atoms with Crippen LogP contribution in [0, 0.1) is 5.92 Å². The van der Waals surface area contributed by atoms with Gasteiger partial charge in [-0.25, -0.2) is 4.79 Å². The molecule has 0 aliphatic heterocycles. The van der Waals surface area contributed by atoms with Crippen LogP contribution in [-0.4, -0.2) is 53.3 Å². The van der Waals surface area contributed by atoms with E-state index in [0.717, 1.165) is 12.8 Å². The molecule has 0 bridgehead atoms. The van der Waals surface area contributed by atoms with Crippen molar-refractivity contribution in [3.05, 3.63) is 0 Å². The van der Waals surface area contributed by atoms with Gasteiger partial charge in [0.25, 0.3) is 0 Å². The lowest BCUT2D eigenvalue weighted by atomic mass is 10.0. The van der Waals surface area contributed by atoms with Crippen molar-refractivity contribution in [2.24, 2.45) is 17.4 Å². The van der Waals surface area contributed by atoms with Crippen LogP contribution in [-0.2, 0) is 14.4 Å². The smallest absolute Gasteiger partial charge is 0.327 e. The lowest BCUT2D eigenvalue weighted by molar-refractivity contribution is -0.141. The van der Waals surface area contributed by atoms with Gasteiger partial charge in [-0.2, -0.15) is 12.6 Å². The van der Waals surface area contributed by atoms with Gasteiger partial charge in [0.1, 0.15) is 12.1 Å². The summed E-state index contributed by atoms with van der Waals surface area (Å²) in [6.45, 7) is 4.34. The monoisotopic (exact) mass is 362 g/mol. The molecule has 8 nitrogen and oxygen atoms in total. The molecule has 0 aromatic heterocycles. The number of hydrogen-bond donors (Lipinski definition) is 6. The van der Waals surface area contributed by atoms with Crippen LogP contribution in [0.1, 0.15) is 39.5 Å². The molecule has 0 heterocycles. The number of amides is 2. The third-order valence-corrected chi connectivity index (χ3v) is 3.81. The van der Waals surface area contributed by atoms with Gasteiger partial charge >= 0.3 is 5.97 Å². The maximum Gasteiger partial charge on any atom is 0.327 e. The number of carboxylic acids is 1. The highest BCUT2D eigenvalue weighted by Crippen LogP contribution is 2.07. The van der Waals surface area contributed by atoms with Crippen molar-refractivity contribution in [3.8, 4) is 0 Å². The molecule has 140 valence electrons. The fourth-order valence-electron chi connectivity index (χ4n) is 2.08. The van der Waals surface area contributed by atoms with Gasteiger partial charge in [-0.15, -0.1) is 0 Å². The molecule has 0 aliphatic carbocycles. The van der Waals surface area contributed by atoms with Crippen LogP contribution in [0.4, 0.5) is 0 Å². The van der Waals surface area contributed by atoms with E-state index in [-0.39, 0.29) is 11.7 Å². The van der Waals surface area contributed by atoms with E-state index >= 15 is 0 Å². The summed E-state index contributed by atoms with van der Waals surface area (Å²) >= 11 is 3.90. The largest absolute Gasteiger partial charge is 0.480 e. The molecule has 24 heavy (non-hydrogen) atoms. The van der Waals surface area contributed by atoms with Gasteiger partial charge < -0.3 is 27.2 Å². The molecule has 0 spiro atoms. The van der Waals surface area contributed by atoms with Crippen molar-refractivity contribution in [3.63, 3.8) is 0 Å². The Morgan fingerprint density at radius 3 is 2.12 bits per heavy atom. The number of carboxylic acid groups (broad SMARTS) is 1. The first kappa shape index (κ1) is 22.7. The lowest BCUT2D eigenvalue weighted by Gasteiger charge is -2.23. The summed E-state index contributed by atoms with van der Waals surface area (Å²) in [6.07, 6.45) is 2.37. The Balaban J connectivity index is 4.78. The minimum Gasteiger partial charge on any atom is -0.480 e. The molecular formula is C15H30N4O4S. The Hall–Kier alpha value is -1.32. The highest BCUT2D eigenvalue weighted by molar-refractivity contribution is 7.80. The second-order valence-corrected chi connectivity index (χ2v) is 6.53. The third kappa shape index (κ3) is 9.09. The first-order chi connectivity index (χ1) is 11.2. The van der Waals surface area contributed by atoms with E-state index in [9.17, 15) is 14.4 Å². The van der Waals surface area contributed by atoms with Gasteiger partial charge in [0, 0.05) is 5.75 Å². The summed E-state index contributed by atoms with van der Waals surface area (Å²) < 4.78 is 0. The standard InChI is InChI=1S/C15H30N4O4S/c1-9(2)7-11(14(21)19-12(8-24)15(22)23)18-13(20)10(17)5-3-4-6-16/h9-12,24H,3-8,16-17H2,1-2H3,(H,18,20)(H,19,21)(H,22,23)/t10-,11-,12-/m0/s1. The van der Waals surface area contributed by atoms with Crippen molar-refractivity contribution in [1.82, 2.24) is 10.6 Å². The molecule has 0 aliphatic rings. The number of nitrogens with two attached hydrogens (primary N) is 2. The maximum absolute atomic E-state index is 12.3. The lowest BCUT2D eigenvalue weighted by Crippen LogP contribution is -2.55. The van der Waals surface area contributed by atoms with Gasteiger partial charge in [0.05, 0.1) is 6.04 Å². The van der Waals surface area contributed by atoms with Crippen LogP contribution in [0.2, 0.25) is 0 Å². The van der Waals surface area contributed by atoms with Gasteiger partial charge in [-0.3, -0.25) is 9.59 Å². The second-order valence-electron chi connectivity index (χ2n) is 6.16. The predicted octanol–water partition coefficient (Wildman–Crippen LogP) is -0.527. The number of aliphatic carboxylic acids is 1. The molecule has 0 unspecified atom stereocenters. The van der Waals surface area contributed by atoms with Crippen molar-refractivity contribution in [2.75, 3.05) is 12.3 Å². The summed E-state index contributed by atoms with van der Waals surface area (Å²) in [4.78, 5) is 35.4. The Morgan fingerprint density at radius 1 is 1.08 bits per heavy atom. The van der Waals surface area contributed by atoms with Crippen molar-refractivity contribution in [2.45, 2.75) is 57.7 Å². The number of carbonyl (C=O) groups excluding carboxylic acids is 2. The maximum atomic E-state index is 12.3. The highest BCUT2D eigenvalue weighted by Gasteiger charge is 2.27. The predicted molar refractivity (Wildman–Crippen MR) is 95.7 cm³/mol. The summed E-state index contributed by atoms with van der Waals surface area (Å²) in [5, 5.41) is 14.0. The van der Waals surface area contributed by atoms with E-state index in [1.54, 1.807) is 0 Å². The Morgan fingerprint density at radius 2 is 1.67 bits per heavy atom. The summed E-state index contributed by atoms with van der Waals surface area (Å²) in [6, 6.07) is -2.66. The van der Waals surface area contributed by atoms with Gasteiger partial charge in [-0.05, 0) is 31.7 Å². The molecule has 0 aromatic rings. The van der Waals surface area contributed by atoms with Crippen LogP contribution in [0.15, 0.2) is 0 Å². The van der Waals surface area contributed by atoms with Crippen molar-refractivity contribution in [1.29, 1.82) is 0 Å². The zero-order valence-electron chi connectivity index (χ0n) is 14.3. The first-order valence-electron chi connectivity index (χ1n) is 8.12. The molecular weight excluding hydrogens is 332 g/mol. The van der Waals surface area contributed by atoms with Crippen LogP contribution >= 0.6 is 12.6 Å². The number of carbonyl (C=O) groups is 3. The minimum absolute atomic E-state index is 0.0397. The molecule has 3 atom stereocenters. The van der Waals surface area contributed by atoms with E-state index in [1.165, 1.54) is 0 Å². The number of nitrogens with one attached hydrogen (secondary N) is 2. The SMILES string of the molecule is CC(C)C[C@H](NC(=O)[C@@H](N)CCCCN)C(=O)N[C@@H](CS)C(=O)O. The van der Waals surface area contributed by atoms with Gasteiger partial charge in [-0.1, -0.05) is 20.3 Å². The number of rotatable bonds is 12. The molecule has 0 aromatic carbocycles. The summed E-state index contributed by atoms with van der Waals surface area (Å²) in [5.41, 5.74) is 11.2. The topological polar surface area (TPSA) is 148 Å². The Bertz CT molecular complexity index is 420. The molecule has 0 saturated carbocycles. The quantitative estimate of drug-likeness (QED) is 0.203. The molecule has 7 N–H and O–H groups in total. The fraction of sp³-hybridized carbons (Fsp3) is 0.800. The summed E-state index contributed by atoms with van der Waals surface area (Å²) in [7, 11) is 0. The summed E-state index contributed by atoms with van der Waals surface area (Å²) in [5.74, 6) is -2.05. The molecule has 0 saturated heterocycles. The first-order valence-corrected chi connectivity index (χ1v) is 8.76. The Labute approximate surface area is 148 Å². The second kappa shape index (κ2) is 12.1. The molecule has 0 fully saturated rings. The normalized spacial score (nSPS) is 14.8. The van der Waals surface area contributed by atoms with Crippen molar-refractivity contribution >= 4 is 30.4 Å². The number of hydrogen-bond acceptors (Lipinski definition) is 6. The van der Waals surface area contributed by atoms with E-state index in [1.807, 2.05) is 13.8 Å². The highest BCUT2D eigenvalue weighted by atomic mass is 32.1. The zero-order chi connectivity index (χ0) is 18.7. The van der Waals surface area contributed by atoms with Crippen LogP contribution in [0.3, 0.4) is 0 Å². The third-order valence-electron chi connectivity index (χ3n) is 3.44. The van der Waals surface area contributed by atoms with Crippen LogP contribution < -0.4 is 22.1 Å². The van der Waals surface area contributed by atoms with E-state index in [4.69, 9.17) is 16.6 Å². The van der Waals surface area contributed by atoms with Crippen LogP contribution in [0.25, 0.3) is 0 Å². The number of thiol groups is 1. The number of unbranched alkanes of at least 4 members (excludes halogenated alkanes) is 1. The van der Waals surface area contributed by atoms with E-state index < -0.39 is 35.9 Å². The van der Waals surface area contributed by atoms with Gasteiger partial charge in [0.15, 0.2) is 0 Å². The Kier molecular flexibility index (Phi) is 11.4. The molecule has 0 rings (SSSR count). The minimum atomic E-state index is -1.17. The zero-order valence-corrected chi connectivity index (χ0v) is 15.2. The van der Waals surface area contributed by atoms with E-state index in [2.05, 4.69) is 23.3 Å². The van der Waals surface area contributed by atoms with Crippen molar-refractivity contribution < 1.29 is 19.5 Å². The van der Waals surface area contributed by atoms with Crippen LogP contribution in [0.5, 0.6) is 0 Å². The average molecular weight is 362 g/mol.